The maximum Gasteiger partial charge on any atom is 0.137 e. The lowest BCUT2D eigenvalue weighted by Gasteiger charge is -2.58. The maximum atomic E-state index is 5.66. The van der Waals surface area contributed by atoms with Crippen LogP contribution in [0.1, 0.15) is 33.1 Å². The summed E-state index contributed by atoms with van der Waals surface area (Å²) in [5, 5.41) is 4.15. The minimum atomic E-state index is 0.325. The van der Waals surface area contributed by atoms with E-state index in [1.54, 1.807) is 12.7 Å². The lowest BCUT2D eigenvalue weighted by Crippen LogP contribution is -2.63. The average molecular weight is 266 g/mol. The third-order valence-electron chi connectivity index (χ3n) is 5.02. The first kappa shape index (κ1) is 14.5. The molecule has 1 saturated carbocycles. The number of aromatic nitrogens is 3. The number of methoxy groups -OCH3 is 1. The smallest absolute Gasteiger partial charge is 0.137 e. The van der Waals surface area contributed by atoms with Crippen LogP contribution in [0.4, 0.5) is 0 Å². The van der Waals surface area contributed by atoms with E-state index in [0.717, 1.165) is 19.5 Å². The van der Waals surface area contributed by atoms with Gasteiger partial charge in [-0.3, -0.25) is 4.68 Å². The van der Waals surface area contributed by atoms with Crippen LogP contribution in [0.25, 0.3) is 0 Å². The minimum Gasteiger partial charge on any atom is -0.381 e. The van der Waals surface area contributed by atoms with Crippen molar-refractivity contribution in [2.75, 3.05) is 20.7 Å². The van der Waals surface area contributed by atoms with Crippen molar-refractivity contribution in [1.29, 1.82) is 0 Å². The number of likely N-dealkylation sites (N-methyl/N-ethyl adjacent to an activating group) is 1. The first-order valence-electron chi connectivity index (χ1n) is 7.23. The summed E-state index contributed by atoms with van der Waals surface area (Å²) in [7, 11) is 4.06. The largest absolute Gasteiger partial charge is 0.381 e. The van der Waals surface area contributed by atoms with Gasteiger partial charge in [0.1, 0.15) is 12.7 Å². The molecular formula is C14H26N4O. The number of hydrogen-bond donors (Lipinski definition) is 0. The molecule has 1 fully saturated rings. The van der Waals surface area contributed by atoms with Crippen LogP contribution in [0.3, 0.4) is 0 Å². The first-order chi connectivity index (χ1) is 9.17. The standard InChI is InChI=1S/C14H26N4O/c1-5-14(6-2)12(9-13(14)19-4)17(3)7-8-18-11-15-10-16-18/h10-13H,5-9H2,1-4H3/t12-,13+/m0/s1. The Kier molecular flexibility index (Phi) is 4.58. The van der Waals surface area contributed by atoms with E-state index < -0.39 is 0 Å². The highest BCUT2D eigenvalue weighted by Crippen LogP contribution is 2.50. The predicted molar refractivity (Wildman–Crippen MR) is 74.9 cm³/mol. The van der Waals surface area contributed by atoms with Gasteiger partial charge in [0.15, 0.2) is 0 Å². The minimum absolute atomic E-state index is 0.325. The second-order valence-corrected chi connectivity index (χ2v) is 5.56. The highest BCUT2D eigenvalue weighted by Gasteiger charge is 2.54. The molecule has 2 atom stereocenters. The van der Waals surface area contributed by atoms with Crippen LogP contribution < -0.4 is 0 Å². The van der Waals surface area contributed by atoms with E-state index in [9.17, 15) is 0 Å². The predicted octanol–water partition coefficient (Wildman–Crippen LogP) is 1.80. The van der Waals surface area contributed by atoms with Crippen molar-refractivity contribution in [1.82, 2.24) is 19.7 Å². The van der Waals surface area contributed by atoms with Crippen LogP contribution >= 0.6 is 0 Å². The first-order valence-corrected chi connectivity index (χ1v) is 7.23. The van der Waals surface area contributed by atoms with Gasteiger partial charge < -0.3 is 9.64 Å². The molecular weight excluding hydrogens is 240 g/mol. The highest BCUT2D eigenvalue weighted by molar-refractivity contribution is 5.06. The molecule has 0 bridgehead atoms. The molecule has 0 aliphatic heterocycles. The Labute approximate surface area is 116 Å². The third kappa shape index (κ3) is 2.54. The Balaban J connectivity index is 1.93. The van der Waals surface area contributed by atoms with Crippen LogP contribution in [-0.2, 0) is 11.3 Å². The van der Waals surface area contributed by atoms with Gasteiger partial charge >= 0.3 is 0 Å². The Morgan fingerprint density at radius 3 is 2.68 bits per heavy atom. The molecule has 2 rings (SSSR count). The molecule has 0 saturated heterocycles. The Morgan fingerprint density at radius 1 is 1.42 bits per heavy atom. The molecule has 1 aromatic rings. The number of ether oxygens (including phenoxy) is 1. The normalized spacial score (nSPS) is 25.5. The van der Waals surface area contributed by atoms with Gasteiger partial charge in [0.25, 0.3) is 0 Å². The van der Waals surface area contributed by atoms with Gasteiger partial charge in [-0.2, -0.15) is 5.10 Å². The molecule has 5 heteroatoms. The van der Waals surface area contributed by atoms with E-state index in [1.165, 1.54) is 12.8 Å². The second-order valence-electron chi connectivity index (χ2n) is 5.56. The van der Waals surface area contributed by atoms with Crippen LogP contribution in [0.2, 0.25) is 0 Å². The molecule has 1 aliphatic carbocycles. The van der Waals surface area contributed by atoms with Gasteiger partial charge in [-0.1, -0.05) is 13.8 Å². The molecule has 0 spiro atoms. The van der Waals surface area contributed by atoms with Crippen molar-refractivity contribution < 1.29 is 4.74 Å². The Bertz CT molecular complexity index is 375. The number of nitrogens with zero attached hydrogens (tertiary/aromatic N) is 4. The van der Waals surface area contributed by atoms with Gasteiger partial charge in [-0.25, -0.2) is 4.98 Å². The SMILES string of the molecule is CCC1(CC)[C@@H](N(C)CCn2cncn2)C[C@H]1OC. The fourth-order valence-electron chi connectivity index (χ4n) is 3.62. The van der Waals surface area contributed by atoms with Crippen molar-refractivity contribution in [3.63, 3.8) is 0 Å². The summed E-state index contributed by atoms with van der Waals surface area (Å²) in [5.41, 5.74) is 0.325. The average Bonchev–Trinajstić information content (AvgIpc) is 2.90. The second kappa shape index (κ2) is 6.01. The summed E-state index contributed by atoms with van der Waals surface area (Å²) < 4.78 is 7.55. The van der Waals surface area contributed by atoms with Crippen molar-refractivity contribution >= 4 is 0 Å². The van der Waals surface area contributed by atoms with E-state index in [-0.39, 0.29) is 0 Å². The third-order valence-corrected chi connectivity index (χ3v) is 5.02. The van der Waals surface area contributed by atoms with Gasteiger partial charge in [0.05, 0.1) is 12.6 Å². The number of rotatable bonds is 7. The lowest BCUT2D eigenvalue weighted by molar-refractivity contribution is -0.156. The summed E-state index contributed by atoms with van der Waals surface area (Å²) in [6.45, 7) is 6.47. The summed E-state index contributed by atoms with van der Waals surface area (Å²) in [6.07, 6.45) is 7.29. The summed E-state index contributed by atoms with van der Waals surface area (Å²) >= 11 is 0. The molecule has 0 amide bonds. The highest BCUT2D eigenvalue weighted by atomic mass is 16.5. The molecule has 5 nitrogen and oxygen atoms in total. The van der Waals surface area contributed by atoms with Gasteiger partial charge in [-0.15, -0.1) is 0 Å². The van der Waals surface area contributed by atoms with E-state index in [2.05, 4.69) is 35.9 Å². The fourth-order valence-corrected chi connectivity index (χ4v) is 3.62. The van der Waals surface area contributed by atoms with Gasteiger partial charge in [-0.05, 0) is 26.3 Å². The van der Waals surface area contributed by atoms with Crippen LogP contribution in [-0.4, -0.2) is 52.5 Å². The molecule has 1 aromatic heterocycles. The Hall–Kier alpha value is -0.940. The van der Waals surface area contributed by atoms with Crippen molar-refractivity contribution in [2.24, 2.45) is 5.41 Å². The molecule has 108 valence electrons. The zero-order valence-corrected chi connectivity index (χ0v) is 12.5. The van der Waals surface area contributed by atoms with E-state index in [4.69, 9.17) is 4.74 Å². The summed E-state index contributed by atoms with van der Waals surface area (Å²) in [4.78, 5) is 6.44. The van der Waals surface area contributed by atoms with E-state index >= 15 is 0 Å². The van der Waals surface area contributed by atoms with E-state index in [1.807, 2.05) is 11.8 Å². The molecule has 1 heterocycles. The monoisotopic (exact) mass is 266 g/mol. The zero-order valence-electron chi connectivity index (χ0n) is 12.5. The van der Waals surface area contributed by atoms with Crippen molar-refractivity contribution in [2.45, 2.75) is 51.8 Å². The summed E-state index contributed by atoms with van der Waals surface area (Å²) in [6, 6.07) is 0.621. The van der Waals surface area contributed by atoms with Gasteiger partial charge in [0, 0.05) is 25.1 Å². The van der Waals surface area contributed by atoms with Crippen LogP contribution in [0.15, 0.2) is 12.7 Å². The number of hydrogen-bond acceptors (Lipinski definition) is 4. The van der Waals surface area contributed by atoms with Crippen LogP contribution in [0, 0.1) is 5.41 Å². The van der Waals surface area contributed by atoms with Crippen LogP contribution in [0.5, 0.6) is 0 Å². The lowest BCUT2D eigenvalue weighted by atomic mass is 9.58. The van der Waals surface area contributed by atoms with Crippen molar-refractivity contribution in [3.05, 3.63) is 12.7 Å². The quantitative estimate of drug-likeness (QED) is 0.755. The Morgan fingerprint density at radius 2 is 2.16 bits per heavy atom. The maximum absolute atomic E-state index is 5.66. The molecule has 0 radical (unpaired) electrons. The molecule has 0 unspecified atom stereocenters. The molecule has 0 aromatic carbocycles. The molecule has 0 N–H and O–H groups in total. The molecule has 19 heavy (non-hydrogen) atoms. The van der Waals surface area contributed by atoms with E-state index in [0.29, 0.717) is 17.6 Å². The van der Waals surface area contributed by atoms with Crippen molar-refractivity contribution in [3.8, 4) is 0 Å². The fraction of sp³-hybridized carbons (Fsp3) is 0.857. The van der Waals surface area contributed by atoms with Gasteiger partial charge in [0.2, 0.25) is 0 Å². The molecule has 1 aliphatic rings. The topological polar surface area (TPSA) is 43.2 Å². The summed E-state index contributed by atoms with van der Waals surface area (Å²) in [5.74, 6) is 0. The zero-order chi connectivity index (χ0) is 13.9.